The summed E-state index contributed by atoms with van der Waals surface area (Å²) in [4.78, 5) is 0. The van der Waals surface area contributed by atoms with Gasteiger partial charge in [0.05, 0.1) is 6.10 Å². The zero-order valence-corrected chi connectivity index (χ0v) is 21.9. The Morgan fingerprint density at radius 1 is 0.806 bits per heavy atom. The summed E-state index contributed by atoms with van der Waals surface area (Å²) in [7, 11) is 0. The fraction of sp³-hybridized carbons (Fsp3) is 0.933. The van der Waals surface area contributed by atoms with Crippen LogP contribution in [0.4, 0.5) is 0 Å². The van der Waals surface area contributed by atoms with Crippen LogP contribution in [0, 0.1) is 56.7 Å². The van der Waals surface area contributed by atoms with Gasteiger partial charge in [0.25, 0.3) is 0 Å². The van der Waals surface area contributed by atoms with Crippen LogP contribution in [0.15, 0.2) is 11.6 Å². The molecule has 5 aliphatic carbocycles. The summed E-state index contributed by atoms with van der Waals surface area (Å²) in [5, 5.41) is 10.9. The highest BCUT2D eigenvalue weighted by atomic mass is 16.3. The molecule has 1 nitrogen and oxygen atoms in total. The maximum atomic E-state index is 10.9. The maximum Gasteiger partial charge on any atom is 0.0594 e. The normalized spacial score (nSPS) is 58.3. The summed E-state index contributed by atoms with van der Waals surface area (Å²) in [6.45, 7) is 20.5. The maximum absolute atomic E-state index is 10.9. The van der Waals surface area contributed by atoms with Gasteiger partial charge in [-0.15, -0.1) is 0 Å². The van der Waals surface area contributed by atoms with Gasteiger partial charge in [-0.2, -0.15) is 0 Å². The van der Waals surface area contributed by atoms with Crippen molar-refractivity contribution >= 4 is 0 Å². The number of allylic oxidation sites excluding steroid dienone is 2. The van der Waals surface area contributed by atoms with E-state index in [1.165, 1.54) is 51.4 Å². The van der Waals surface area contributed by atoms with Gasteiger partial charge in [-0.3, -0.25) is 0 Å². The lowest BCUT2D eigenvalue weighted by Gasteiger charge is -2.71. The highest BCUT2D eigenvalue weighted by molar-refractivity contribution is 5.33. The van der Waals surface area contributed by atoms with E-state index in [4.69, 9.17) is 0 Å². The predicted molar refractivity (Wildman–Crippen MR) is 131 cm³/mol. The first-order chi connectivity index (χ1) is 14.3. The Balaban J connectivity index is 1.59. The summed E-state index contributed by atoms with van der Waals surface area (Å²) >= 11 is 0. The van der Waals surface area contributed by atoms with Gasteiger partial charge in [0.1, 0.15) is 0 Å². The Morgan fingerprint density at radius 3 is 2.23 bits per heavy atom. The summed E-state index contributed by atoms with van der Waals surface area (Å²) in [6.07, 6.45) is 14.5. The quantitative estimate of drug-likeness (QED) is 0.389. The molecule has 1 N–H and O–H groups in total. The first kappa shape index (κ1) is 22.5. The summed E-state index contributed by atoms with van der Waals surface area (Å²) in [5.41, 5.74) is 3.60. The Labute approximate surface area is 192 Å². The molecule has 0 heterocycles. The molecule has 176 valence electrons. The Kier molecular flexibility index (Phi) is 4.82. The van der Waals surface area contributed by atoms with Crippen molar-refractivity contribution in [2.45, 2.75) is 119 Å². The molecular weight excluding hydrogens is 376 g/mol. The van der Waals surface area contributed by atoms with Gasteiger partial charge in [0, 0.05) is 0 Å². The van der Waals surface area contributed by atoms with E-state index in [0.29, 0.717) is 27.6 Å². The van der Waals surface area contributed by atoms with Crippen molar-refractivity contribution in [2.75, 3.05) is 0 Å². The minimum absolute atomic E-state index is 0.0533. The van der Waals surface area contributed by atoms with E-state index in [2.05, 4.69) is 61.5 Å². The third-order valence-electron chi connectivity index (χ3n) is 13.4. The van der Waals surface area contributed by atoms with Crippen molar-refractivity contribution in [2.24, 2.45) is 56.7 Å². The standard InChI is InChI=1S/C30H50O/c1-19-11-14-27(5)17-18-29(7)21(25(27)20(19)2)9-10-23-28(6)15-13-24(31)26(3,4)22(28)12-16-30(23,29)8/h9,19-20,22-25,31H,10-18H2,1-8H3/t19-,20-,22-,23-,24+,25+,27+,28-,29-,30+/m0/s1. The molecule has 0 aromatic heterocycles. The van der Waals surface area contributed by atoms with Crippen molar-refractivity contribution in [1.82, 2.24) is 0 Å². The predicted octanol–water partition coefficient (Wildman–Crippen LogP) is 8.02. The molecule has 4 saturated carbocycles. The van der Waals surface area contributed by atoms with Gasteiger partial charge in [-0.05, 0) is 114 Å². The molecule has 0 unspecified atom stereocenters. The molecule has 0 saturated heterocycles. The fourth-order valence-electron chi connectivity index (χ4n) is 10.8. The van der Waals surface area contributed by atoms with Crippen molar-refractivity contribution < 1.29 is 5.11 Å². The van der Waals surface area contributed by atoms with Crippen molar-refractivity contribution in [1.29, 1.82) is 0 Å². The molecule has 0 aromatic carbocycles. The molecule has 31 heavy (non-hydrogen) atoms. The molecule has 10 atom stereocenters. The summed E-state index contributed by atoms with van der Waals surface area (Å²) < 4.78 is 0. The van der Waals surface area contributed by atoms with Crippen molar-refractivity contribution in [3.63, 3.8) is 0 Å². The second-order valence-electron chi connectivity index (χ2n) is 14.7. The van der Waals surface area contributed by atoms with Crippen LogP contribution in [0.25, 0.3) is 0 Å². The molecule has 0 aromatic rings. The number of rotatable bonds is 0. The van der Waals surface area contributed by atoms with E-state index in [1.54, 1.807) is 0 Å². The van der Waals surface area contributed by atoms with Crippen LogP contribution >= 0.6 is 0 Å². The number of aliphatic hydroxyl groups excluding tert-OH is 1. The Morgan fingerprint density at radius 2 is 1.52 bits per heavy atom. The zero-order valence-electron chi connectivity index (χ0n) is 21.9. The minimum Gasteiger partial charge on any atom is -0.393 e. The average Bonchev–Trinajstić information content (AvgIpc) is 2.69. The van der Waals surface area contributed by atoms with Gasteiger partial charge in [-0.1, -0.05) is 67.0 Å². The van der Waals surface area contributed by atoms with Gasteiger partial charge in [-0.25, -0.2) is 0 Å². The molecule has 0 aliphatic heterocycles. The number of fused-ring (bicyclic) bond motifs is 7. The smallest absolute Gasteiger partial charge is 0.0594 e. The molecule has 5 rings (SSSR count). The second kappa shape index (κ2) is 6.64. The first-order valence-corrected chi connectivity index (χ1v) is 13.7. The van der Waals surface area contributed by atoms with Crippen LogP contribution in [-0.4, -0.2) is 11.2 Å². The largest absolute Gasteiger partial charge is 0.393 e. The molecule has 1 heteroatoms. The fourth-order valence-corrected chi connectivity index (χ4v) is 10.8. The van der Waals surface area contributed by atoms with Gasteiger partial charge in [0.2, 0.25) is 0 Å². The molecule has 0 bridgehead atoms. The SMILES string of the molecule is C[C@H]1[C@@H](C)CC[C@]2(C)CC[C@@]3(C)C(=CC[C@H]4[C@@]5(C)CC[C@@H](O)C(C)(C)[C@@H]5CC[C@]43C)[C@@H]12. The molecular formula is C30H50O. The van der Waals surface area contributed by atoms with Gasteiger partial charge in [0.15, 0.2) is 0 Å². The molecule has 5 aliphatic rings. The van der Waals surface area contributed by atoms with Crippen molar-refractivity contribution in [3.8, 4) is 0 Å². The Hall–Kier alpha value is -0.300. The molecule has 0 spiro atoms. The van der Waals surface area contributed by atoms with Crippen LogP contribution in [0.2, 0.25) is 0 Å². The van der Waals surface area contributed by atoms with Crippen LogP contribution in [0.1, 0.15) is 113 Å². The van der Waals surface area contributed by atoms with E-state index < -0.39 is 0 Å². The van der Waals surface area contributed by atoms with Crippen LogP contribution in [0.5, 0.6) is 0 Å². The van der Waals surface area contributed by atoms with E-state index >= 15 is 0 Å². The third-order valence-corrected chi connectivity index (χ3v) is 13.4. The molecule has 0 radical (unpaired) electrons. The van der Waals surface area contributed by atoms with Gasteiger partial charge < -0.3 is 5.11 Å². The van der Waals surface area contributed by atoms with Crippen LogP contribution < -0.4 is 0 Å². The van der Waals surface area contributed by atoms with Crippen LogP contribution in [-0.2, 0) is 0 Å². The Bertz CT molecular complexity index is 779. The van der Waals surface area contributed by atoms with Crippen molar-refractivity contribution in [3.05, 3.63) is 11.6 Å². The lowest BCUT2D eigenvalue weighted by atomic mass is 9.33. The number of aliphatic hydroxyl groups is 1. The molecule has 0 amide bonds. The zero-order chi connectivity index (χ0) is 22.6. The third kappa shape index (κ3) is 2.65. The number of hydrogen-bond acceptors (Lipinski definition) is 1. The topological polar surface area (TPSA) is 20.2 Å². The summed E-state index contributed by atoms with van der Waals surface area (Å²) in [6, 6.07) is 0. The monoisotopic (exact) mass is 426 g/mol. The minimum atomic E-state index is -0.125. The number of hydrogen-bond donors (Lipinski definition) is 1. The van der Waals surface area contributed by atoms with E-state index in [0.717, 1.165) is 30.1 Å². The van der Waals surface area contributed by atoms with E-state index in [9.17, 15) is 5.11 Å². The van der Waals surface area contributed by atoms with E-state index in [1.807, 2.05) is 5.57 Å². The second-order valence-corrected chi connectivity index (χ2v) is 14.7. The van der Waals surface area contributed by atoms with Gasteiger partial charge >= 0.3 is 0 Å². The highest BCUT2D eigenvalue weighted by Gasteiger charge is 2.67. The van der Waals surface area contributed by atoms with Crippen LogP contribution in [0.3, 0.4) is 0 Å². The average molecular weight is 427 g/mol. The first-order valence-electron chi connectivity index (χ1n) is 13.7. The lowest BCUT2D eigenvalue weighted by molar-refractivity contribution is -0.203. The summed E-state index contributed by atoms with van der Waals surface area (Å²) in [5.74, 6) is 3.90. The molecule has 4 fully saturated rings. The lowest BCUT2D eigenvalue weighted by Crippen LogP contribution is -2.64. The highest BCUT2D eigenvalue weighted by Crippen LogP contribution is 2.75. The van der Waals surface area contributed by atoms with E-state index in [-0.39, 0.29) is 11.5 Å².